The maximum Gasteiger partial charge on any atom is 0.0671 e. The molecule has 2 aromatic rings. The van der Waals surface area contributed by atoms with E-state index in [2.05, 4.69) is 48.8 Å². The van der Waals surface area contributed by atoms with E-state index in [1.54, 1.807) is 11.3 Å². The first-order valence-corrected chi connectivity index (χ1v) is 7.50. The quantitative estimate of drug-likeness (QED) is 0.829. The van der Waals surface area contributed by atoms with E-state index < -0.39 is 0 Å². The molecule has 1 unspecified atom stereocenters. The Bertz CT molecular complexity index is 473. The van der Waals surface area contributed by atoms with Crippen LogP contribution in [-0.4, -0.2) is 6.54 Å². The van der Waals surface area contributed by atoms with Crippen LogP contribution in [0.1, 0.15) is 35.4 Å². The molecular weight excluding hydrogens is 262 g/mol. The second kappa shape index (κ2) is 6.37. The summed E-state index contributed by atoms with van der Waals surface area (Å²) in [5, 5.41) is 6.52. The highest BCUT2D eigenvalue weighted by molar-refractivity contribution is 7.10. The monoisotopic (exact) mass is 279 g/mol. The molecule has 1 aromatic heterocycles. The van der Waals surface area contributed by atoms with Gasteiger partial charge in [0.2, 0.25) is 0 Å². The molecule has 0 aliphatic carbocycles. The van der Waals surface area contributed by atoms with Crippen LogP contribution >= 0.6 is 22.9 Å². The Balaban J connectivity index is 2.33. The lowest BCUT2D eigenvalue weighted by Crippen LogP contribution is -2.22. The topological polar surface area (TPSA) is 12.0 Å². The molecule has 1 heterocycles. The van der Waals surface area contributed by atoms with E-state index in [1.165, 1.54) is 16.0 Å². The molecule has 1 atom stereocenters. The lowest BCUT2D eigenvalue weighted by molar-refractivity contribution is 0.605. The van der Waals surface area contributed by atoms with E-state index in [4.69, 9.17) is 11.6 Å². The maximum atomic E-state index is 6.17. The van der Waals surface area contributed by atoms with Gasteiger partial charge in [-0.15, -0.1) is 11.3 Å². The Hall–Kier alpha value is -0.830. The molecule has 1 nitrogen and oxygen atoms in total. The minimum atomic E-state index is 0.252. The van der Waals surface area contributed by atoms with Crippen LogP contribution in [0.3, 0.4) is 0 Å². The van der Waals surface area contributed by atoms with Gasteiger partial charge in [0, 0.05) is 9.90 Å². The van der Waals surface area contributed by atoms with Gasteiger partial charge in [-0.25, -0.2) is 0 Å². The molecule has 0 bridgehead atoms. The molecule has 0 amide bonds. The smallest absolute Gasteiger partial charge is 0.0671 e. The van der Waals surface area contributed by atoms with Crippen molar-refractivity contribution in [3.8, 4) is 0 Å². The lowest BCUT2D eigenvalue weighted by atomic mass is 10.0. The molecule has 1 aromatic carbocycles. The summed E-state index contributed by atoms with van der Waals surface area (Å²) in [6.45, 7) is 5.27. The number of nitrogens with one attached hydrogen (secondary N) is 1. The first kappa shape index (κ1) is 13.6. The Morgan fingerprint density at radius 2 is 2.17 bits per heavy atom. The largest absolute Gasteiger partial charge is 0.306 e. The van der Waals surface area contributed by atoms with Crippen molar-refractivity contribution in [1.82, 2.24) is 5.32 Å². The van der Waals surface area contributed by atoms with Crippen molar-refractivity contribution in [1.29, 1.82) is 0 Å². The van der Waals surface area contributed by atoms with E-state index in [1.807, 2.05) is 6.07 Å². The average molecular weight is 280 g/mol. The zero-order valence-electron chi connectivity index (χ0n) is 10.7. The van der Waals surface area contributed by atoms with Crippen LogP contribution in [0.2, 0.25) is 5.02 Å². The number of thiophene rings is 1. The Morgan fingerprint density at radius 3 is 2.78 bits per heavy atom. The standard InChI is InChI=1S/C15H18ClNS/c1-3-6-17-15(14-5-4-7-18-14)12-8-11(2)9-13(16)10-12/h4-5,7-10,15,17H,3,6H2,1-2H3. The van der Waals surface area contributed by atoms with Crippen LogP contribution in [0, 0.1) is 6.92 Å². The van der Waals surface area contributed by atoms with Crippen molar-refractivity contribution in [2.45, 2.75) is 26.3 Å². The highest BCUT2D eigenvalue weighted by Crippen LogP contribution is 2.28. The number of aryl methyl sites for hydroxylation is 1. The van der Waals surface area contributed by atoms with Gasteiger partial charge in [0.1, 0.15) is 0 Å². The second-order valence-electron chi connectivity index (χ2n) is 4.46. The molecule has 0 saturated heterocycles. The van der Waals surface area contributed by atoms with Crippen LogP contribution in [0.5, 0.6) is 0 Å². The van der Waals surface area contributed by atoms with Crippen molar-refractivity contribution in [2.24, 2.45) is 0 Å². The van der Waals surface area contributed by atoms with Crippen LogP contribution in [0.25, 0.3) is 0 Å². The highest BCUT2D eigenvalue weighted by Gasteiger charge is 2.14. The summed E-state index contributed by atoms with van der Waals surface area (Å²) < 4.78 is 0. The van der Waals surface area contributed by atoms with Gasteiger partial charge in [-0.2, -0.15) is 0 Å². The summed E-state index contributed by atoms with van der Waals surface area (Å²) in [6.07, 6.45) is 1.13. The summed E-state index contributed by atoms with van der Waals surface area (Å²) in [5.41, 5.74) is 2.45. The van der Waals surface area contributed by atoms with E-state index in [0.29, 0.717) is 0 Å². The van der Waals surface area contributed by atoms with Gasteiger partial charge >= 0.3 is 0 Å². The fourth-order valence-electron chi connectivity index (χ4n) is 2.06. The fraction of sp³-hybridized carbons (Fsp3) is 0.333. The zero-order valence-corrected chi connectivity index (χ0v) is 12.3. The normalized spacial score (nSPS) is 12.6. The molecule has 96 valence electrons. The summed E-state index contributed by atoms with van der Waals surface area (Å²) in [5.74, 6) is 0. The van der Waals surface area contributed by atoms with E-state index in [9.17, 15) is 0 Å². The van der Waals surface area contributed by atoms with Gasteiger partial charge in [0.25, 0.3) is 0 Å². The molecule has 0 aliphatic rings. The molecule has 1 N–H and O–H groups in total. The summed E-state index contributed by atoms with van der Waals surface area (Å²) >= 11 is 7.95. The van der Waals surface area contributed by atoms with Crippen LogP contribution in [0.4, 0.5) is 0 Å². The second-order valence-corrected chi connectivity index (χ2v) is 5.88. The van der Waals surface area contributed by atoms with Crippen LogP contribution in [-0.2, 0) is 0 Å². The number of rotatable bonds is 5. The third-order valence-corrected chi connectivity index (χ3v) is 3.98. The van der Waals surface area contributed by atoms with Gasteiger partial charge in [-0.1, -0.05) is 30.7 Å². The molecule has 0 fully saturated rings. The molecule has 3 heteroatoms. The van der Waals surface area contributed by atoms with Crippen molar-refractivity contribution >= 4 is 22.9 Å². The first-order valence-electron chi connectivity index (χ1n) is 6.24. The fourth-order valence-corrected chi connectivity index (χ4v) is 3.18. The SMILES string of the molecule is CCCNC(c1cc(C)cc(Cl)c1)c1cccs1. The van der Waals surface area contributed by atoms with Crippen LogP contribution < -0.4 is 5.32 Å². The predicted molar refractivity (Wildman–Crippen MR) is 80.6 cm³/mol. The lowest BCUT2D eigenvalue weighted by Gasteiger charge is -2.18. The number of hydrogen-bond donors (Lipinski definition) is 1. The molecular formula is C15H18ClNS. The molecule has 0 aliphatic heterocycles. The summed E-state index contributed by atoms with van der Waals surface area (Å²) in [7, 11) is 0. The Kier molecular flexibility index (Phi) is 4.81. The Labute approximate surface area is 118 Å². The summed E-state index contributed by atoms with van der Waals surface area (Å²) in [4.78, 5) is 1.34. The van der Waals surface area contributed by atoms with Gasteiger partial charge in [0.15, 0.2) is 0 Å². The third-order valence-electron chi connectivity index (χ3n) is 2.82. The number of benzene rings is 1. The first-order chi connectivity index (χ1) is 8.70. The van der Waals surface area contributed by atoms with Crippen molar-refractivity contribution in [3.05, 3.63) is 56.7 Å². The number of hydrogen-bond acceptors (Lipinski definition) is 2. The molecule has 18 heavy (non-hydrogen) atoms. The van der Waals surface area contributed by atoms with Crippen LogP contribution in [0.15, 0.2) is 35.7 Å². The Morgan fingerprint density at radius 1 is 1.33 bits per heavy atom. The zero-order chi connectivity index (χ0) is 13.0. The maximum absolute atomic E-state index is 6.17. The minimum absolute atomic E-state index is 0.252. The van der Waals surface area contributed by atoms with Crippen molar-refractivity contribution in [3.63, 3.8) is 0 Å². The van der Waals surface area contributed by atoms with Gasteiger partial charge in [-0.05, 0) is 54.6 Å². The van der Waals surface area contributed by atoms with Crippen molar-refractivity contribution in [2.75, 3.05) is 6.54 Å². The number of halogens is 1. The third kappa shape index (κ3) is 3.35. The highest BCUT2D eigenvalue weighted by atomic mass is 35.5. The van der Waals surface area contributed by atoms with Crippen molar-refractivity contribution < 1.29 is 0 Å². The summed E-state index contributed by atoms with van der Waals surface area (Å²) in [6, 6.07) is 10.8. The molecule has 0 spiro atoms. The molecule has 0 saturated carbocycles. The average Bonchev–Trinajstić information content (AvgIpc) is 2.82. The van der Waals surface area contributed by atoms with E-state index in [0.717, 1.165) is 18.0 Å². The van der Waals surface area contributed by atoms with Gasteiger partial charge < -0.3 is 5.32 Å². The van der Waals surface area contributed by atoms with E-state index >= 15 is 0 Å². The van der Waals surface area contributed by atoms with E-state index in [-0.39, 0.29) is 6.04 Å². The molecule has 2 rings (SSSR count). The predicted octanol–water partition coefficient (Wildman–Crippen LogP) is 4.80. The minimum Gasteiger partial charge on any atom is -0.306 e. The molecule has 0 radical (unpaired) electrons. The van der Waals surface area contributed by atoms with Gasteiger partial charge in [-0.3, -0.25) is 0 Å². The van der Waals surface area contributed by atoms with Gasteiger partial charge in [0.05, 0.1) is 6.04 Å².